The Bertz CT molecular complexity index is 128. The lowest BCUT2D eigenvalue weighted by atomic mass is 10.4. The number of nitrogens with one attached hydrogen (secondary N) is 2. The fourth-order valence-corrected chi connectivity index (χ4v) is 1.18. The van der Waals surface area contributed by atoms with Crippen molar-refractivity contribution in [1.82, 2.24) is 10.6 Å². The van der Waals surface area contributed by atoms with Crippen LogP contribution in [0.2, 0.25) is 0 Å². The zero-order chi connectivity index (χ0) is 6.69. The molecule has 1 saturated heterocycles. The molecule has 0 amide bonds. The van der Waals surface area contributed by atoms with Crippen molar-refractivity contribution in [2.45, 2.75) is 6.42 Å². The standard InChI is InChI=1S/C5H8N2S2/c8-4-1-2-6-3-5(9)7-4/h6H,1-3H2,(H,7,8,9). The average Bonchev–Trinajstić information content (AvgIpc) is 1.93. The van der Waals surface area contributed by atoms with E-state index in [1.54, 1.807) is 0 Å². The number of thiocarbonyl (C=S) groups is 2. The zero-order valence-corrected chi connectivity index (χ0v) is 6.57. The molecule has 50 valence electrons. The Labute approximate surface area is 65.0 Å². The third kappa shape index (κ3) is 2.34. The van der Waals surface area contributed by atoms with Crippen molar-refractivity contribution < 1.29 is 0 Å². The Balaban J connectivity index is 2.47. The van der Waals surface area contributed by atoms with Crippen LogP contribution in [0.1, 0.15) is 6.42 Å². The molecule has 0 unspecified atom stereocenters. The molecule has 0 atom stereocenters. The van der Waals surface area contributed by atoms with Crippen molar-refractivity contribution >= 4 is 34.4 Å². The van der Waals surface area contributed by atoms with Gasteiger partial charge in [-0.05, 0) is 0 Å². The zero-order valence-electron chi connectivity index (χ0n) is 4.94. The highest BCUT2D eigenvalue weighted by Crippen LogP contribution is 1.86. The summed E-state index contributed by atoms with van der Waals surface area (Å²) in [5, 5.41) is 6.08. The van der Waals surface area contributed by atoms with Crippen LogP contribution in [0.3, 0.4) is 0 Å². The van der Waals surface area contributed by atoms with Crippen molar-refractivity contribution in [3.05, 3.63) is 0 Å². The monoisotopic (exact) mass is 160 g/mol. The van der Waals surface area contributed by atoms with E-state index in [0.29, 0.717) is 0 Å². The molecule has 1 aliphatic rings. The first-order chi connectivity index (χ1) is 4.29. The Morgan fingerprint density at radius 3 is 2.78 bits per heavy atom. The van der Waals surface area contributed by atoms with E-state index >= 15 is 0 Å². The second-order valence-corrected chi connectivity index (χ2v) is 2.88. The van der Waals surface area contributed by atoms with E-state index in [2.05, 4.69) is 10.6 Å². The third-order valence-corrected chi connectivity index (χ3v) is 1.65. The first-order valence-electron chi connectivity index (χ1n) is 2.82. The molecule has 0 aromatic carbocycles. The maximum atomic E-state index is 4.93. The van der Waals surface area contributed by atoms with Gasteiger partial charge >= 0.3 is 0 Å². The van der Waals surface area contributed by atoms with Crippen LogP contribution < -0.4 is 10.6 Å². The van der Waals surface area contributed by atoms with Crippen LogP contribution in [0, 0.1) is 0 Å². The lowest BCUT2D eigenvalue weighted by Gasteiger charge is -1.99. The van der Waals surface area contributed by atoms with E-state index in [-0.39, 0.29) is 0 Å². The van der Waals surface area contributed by atoms with Gasteiger partial charge in [0.2, 0.25) is 0 Å². The summed E-state index contributed by atoms with van der Waals surface area (Å²) in [5.41, 5.74) is 0. The average molecular weight is 160 g/mol. The van der Waals surface area contributed by atoms with Gasteiger partial charge in [-0.2, -0.15) is 0 Å². The minimum absolute atomic E-state index is 0.759. The quantitative estimate of drug-likeness (QED) is 0.495. The van der Waals surface area contributed by atoms with E-state index in [9.17, 15) is 0 Å². The van der Waals surface area contributed by atoms with Crippen LogP contribution >= 0.6 is 24.4 Å². The predicted molar refractivity (Wildman–Crippen MR) is 45.8 cm³/mol. The maximum absolute atomic E-state index is 4.93. The minimum atomic E-state index is 0.759. The molecule has 0 radical (unpaired) electrons. The van der Waals surface area contributed by atoms with Gasteiger partial charge in [-0.3, -0.25) is 0 Å². The van der Waals surface area contributed by atoms with E-state index in [1.165, 1.54) is 0 Å². The van der Waals surface area contributed by atoms with Crippen LogP contribution in [0.15, 0.2) is 0 Å². The lowest BCUT2D eigenvalue weighted by Crippen LogP contribution is -2.29. The Kier molecular flexibility index (Phi) is 2.50. The number of hydrogen-bond donors (Lipinski definition) is 2. The molecular formula is C5H8N2S2. The summed E-state index contributed by atoms with van der Waals surface area (Å²) in [6.45, 7) is 1.70. The highest BCUT2D eigenvalue weighted by atomic mass is 32.1. The van der Waals surface area contributed by atoms with Gasteiger partial charge in [0, 0.05) is 19.5 Å². The van der Waals surface area contributed by atoms with Crippen molar-refractivity contribution in [3.8, 4) is 0 Å². The summed E-state index contributed by atoms with van der Waals surface area (Å²) in [6, 6.07) is 0. The molecular weight excluding hydrogens is 152 g/mol. The maximum Gasteiger partial charge on any atom is 0.0941 e. The van der Waals surface area contributed by atoms with Crippen molar-refractivity contribution in [2.75, 3.05) is 13.1 Å². The molecule has 0 saturated carbocycles. The molecule has 1 heterocycles. The van der Waals surface area contributed by atoms with Crippen LogP contribution in [0.5, 0.6) is 0 Å². The Morgan fingerprint density at radius 1 is 1.22 bits per heavy atom. The molecule has 9 heavy (non-hydrogen) atoms. The largest absolute Gasteiger partial charge is 0.343 e. The summed E-state index contributed by atoms with van der Waals surface area (Å²) < 4.78 is 0. The fraction of sp³-hybridized carbons (Fsp3) is 0.600. The van der Waals surface area contributed by atoms with Gasteiger partial charge in [0.05, 0.1) is 9.98 Å². The summed E-state index contributed by atoms with van der Waals surface area (Å²) in [7, 11) is 0. The first-order valence-corrected chi connectivity index (χ1v) is 3.64. The number of rotatable bonds is 0. The normalized spacial score (nSPS) is 20.9. The van der Waals surface area contributed by atoms with Crippen molar-refractivity contribution in [3.63, 3.8) is 0 Å². The molecule has 2 nitrogen and oxygen atoms in total. The fourth-order valence-electron chi connectivity index (χ4n) is 0.666. The van der Waals surface area contributed by atoms with Gasteiger partial charge in [-0.1, -0.05) is 24.4 Å². The highest BCUT2D eigenvalue weighted by molar-refractivity contribution is 7.82. The van der Waals surface area contributed by atoms with Crippen LogP contribution in [-0.4, -0.2) is 23.1 Å². The topological polar surface area (TPSA) is 24.1 Å². The van der Waals surface area contributed by atoms with Gasteiger partial charge in [-0.25, -0.2) is 0 Å². The lowest BCUT2D eigenvalue weighted by molar-refractivity contribution is 0.801. The van der Waals surface area contributed by atoms with E-state index < -0.39 is 0 Å². The van der Waals surface area contributed by atoms with Gasteiger partial charge < -0.3 is 10.6 Å². The molecule has 4 heteroatoms. The molecule has 1 fully saturated rings. The van der Waals surface area contributed by atoms with Gasteiger partial charge in [0.25, 0.3) is 0 Å². The summed E-state index contributed by atoms with van der Waals surface area (Å²) in [6.07, 6.45) is 0.898. The highest BCUT2D eigenvalue weighted by Gasteiger charge is 2.04. The SMILES string of the molecule is S=C1CCNCC(=S)N1. The summed E-state index contributed by atoms with van der Waals surface area (Å²) in [5.74, 6) is 0. The van der Waals surface area contributed by atoms with E-state index in [0.717, 1.165) is 29.5 Å². The van der Waals surface area contributed by atoms with Crippen LogP contribution in [0.4, 0.5) is 0 Å². The van der Waals surface area contributed by atoms with Gasteiger partial charge in [0.15, 0.2) is 0 Å². The van der Waals surface area contributed by atoms with E-state index in [4.69, 9.17) is 24.4 Å². The molecule has 1 aliphatic heterocycles. The second-order valence-electron chi connectivity index (χ2n) is 1.90. The Hall–Kier alpha value is -0.0600. The minimum Gasteiger partial charge on any atom is -0.343 e. The molecule has 0 aliphatic carbocycles. The molecule has 0 aromatic rings. The predicted octanol–water partition coefficient (Wildman–Crippen LogP) is 0.224. The van der Waals surface area contributed by atoms with Crippen LogP contribution in [-0.2, 0) is 0 Å². The first kappa shape index (κ1) is 7.05. The van der Waals surface area contributed by atoms with Gasteiger partial charge in [0.1, 0.15) is 0 Å². The third-order valence-electron chi connectivity index (χ3n) is 1.09. The summed E-state index contributed by atoms with van der Waals surface area (Å²) >= 11 is 9.84. The molecule has 0 bridgehead atoms. The molecule has 0 aromatic heterocycles. The molecule has 1 rings (SSSR count). The smallest absolute Gasteiger partial charge is 0.0941 e. The van der Waals surface area contributed by atoms with Gasteiger partial charge in [-0.15, -0.1) is 0 Å². The number of hydrogen-bond acceptors (Lipinski definition) is 3. The van der Waals surface area contributed by atoms with E-state index in [1.807, 2.05) is 0 Å². The van der Waals surface area contributed by atoms with Crippen molar-refractivity contribution in [2.24, 2.45) is 0 Å². The van der Waals surface area contributed by atoms with Crippen LogP contribution in [0.25, 0.3) is 0 Å². The second kappa shape index (κ2) is 3.20. The Morgan fingerprint density at radius 2 is 2.00 bits per heavy atom. The van der Waals surface area contributed by atoms with Crippen molar-refractivity contribution in [1.29, 1.82) is 0 Å². The molecule has 2 N–H and O–H groups in total. The molecule has 0 spiro atoms. The summed E-state index contributed by atoms with van der Waals surface area (Å²) in [4.78, 5) is 1.66.